The highest BCUT2D eigenvalue weighted by Gasteiger charge is 2.25. The Morgan fingerprint density at radius 2 is 1.55 bits per heavy atom. The van der Waals surface area contributed by atoms with E-state index in [1.165, 1.54) is 18.2 Å². The van der Waals surface area contributed by atoms with Gasteiger partial charge in [-0.05, 0) is 67.3 Å². The average molecular weight is 464 g/mol. The number of halogens is 3. The number of hydrogen-bond acceptors (Lipinski definition) is 5. The molecule has 8 heteroatoms. The summed E-state index contributed by atoms with van der Waals surface area (Å²) in [7, 11) is 0. The molecule has 0 aliphatic carbocycles. The molecule has 0 heterocycles. The zero-order valence-electron chi connectivity index (χ0n) is 18.4. The smallest absolute Gasteiger partial charge is 0.389 e. The highest BCUT2D eigenvalue weighted by atomic mass is 19.4. The van der Waals surface area contributed by atoms with Crippen LogP contribution < -0.4 is 9.47 Å². The Balaban J connectivity index is 1.78. The minimum absolute atomic E-state index is 0.00549. The van der Waals surface area contributed by atoms with Gasteiger partial charge in [0.15, 0.2) is 0 Å². The molecule has 0 atom stereocenters. The second kappa shape index (κ2) is 13.3. The number of ether oxygens (including phenoxy) is 3. The van der Waals surface area contributed by atoms with Crippen molar-refractivity contribution < 1.29 is 37.0 Å². The van der Waals surface area contributed by atoms with E-state index in [9.17, 15) is 22.8 Å². The third-order valence-electron chi connectivity index (χ3n) is 4.46. The van der Waals surface area contributed by atoms with E-state index >= 15 is 0 Å². The van der Waals surface area contributed by atoms with Crippen LogP contribution in [0.1, 0.15) is 54.9 Å². The van der Waals surface area contributed by atoms with Gasteiger partial charge in [-0.25, -0.2) is 9.59 Å². The predicted octanol–water partition coefficient (Wildman–Crippen LogP) is 6.37. The number of carbonyl (C=O) groups is 2. The van der Waals surface area contributed by atoms with Crippen LogP contribution >= 0.6 is 0 Å². The molecule has 2 aromatic rings. The number of benzene rings is 2. The van der Waals surface area contributed by atoms with Crippen LogP contribution in [0.15, 0.2) is 54.6 Å². The summed E-state index contributed by atoms with van der Waals surface area (Å²) in [5.74, 6) is -0.169. The minimum atomic E-state index is -4.15. The van der Waals surface area contributed by atoms with Crippen molar-refractivity contribution in [1.82, 2.24) is 0 Å². The monoisotopic (exact) mass is 464 g/mol. The second-order valence-electron chi connectivity index (χ2n) is 7.26. The number of hydrogen-bond donors (Lipinski definition) is 0. The molecule has 178 valence electrons. The molecule has 2 rings (SSSR count). The van der Waals surface area contributed by atoms with Gasteiger partial charge in [0.25, 0.3) is 0 Å². The maximum atomic E-state index is 12.3. The van der Waals surface area contributed by atoms with Crippen LogP contribution in [0, 0.1) is 0 Å². The first-order valence-electron chi connectivity index (χ1n) is 10.7. The fraction of sp³-hybridized carbons (Fsp3) is 0.360. The topological polar surface area (TPSA) is 61.8 Å². The quantitative estimate of drug-likeness (QED) is 0.158. The average Bonchev–Trinajstić information content (AvgIpc) is 2.78. The van der Waals surface area contributed by atoms with E-state index in [0.29, 0.717) is 23.7 Å². The number of alkyl halides is 3. The molecule has 0 aliphatic heterocycles. The van der Waals surface area contributed by atoms with Crippen LogP contribution in [-0.4, -0.2) is 31.3 Å². The largest absolute Gasteiger partial charge is 0.494 e. The van der Waals surface area contributed by atoms with E-state index < -0.39 is 24.5 Å². The second-order valence-corrected chi connectivity index (χ2v) is 7.26. The Bertz CT molecular complexity index is 903. The summed E-state index contributed by atoms with van der Waals surface area (Å²) in [5.41, 5.74) is 1.05. The predicted molar refractivity (Wildman–Crippen MR) is 118 cm³/mol. The molecule has 0 saturated carbocycles. The first-order valence-corrected chi connectivity index (χ1v) is 10.7. The highest BCUT2D eigenvalue weighted by molar-refractivity contribution is 5.91. The molecule has 0 aliphatic rings. The summed E-state index contributed by atoms with van der Waals surface area (Å²) in [4.78, 5) is 23.9. The molecule has 2 aromatic carbocycles. The number of unbranched alkanes of at least 4 members (excludes halogenated alkanes) is 2. The minimum Gasteiger partial charge on any atom is -0.494 e. The summed E-state index contributed by atoms with van der Waals surface area (Å²) in [6, 6.07) is 12.8. The third kappa shape index (κ3) is 10.7. The van der Waals surface area contributed by atoms with Gasteiger partial charge in [0.2, 0.25) is 0 Å². The van der Waals surface area contributed by atoms with Gasteiger partial charge in [-0.15, -0.1) is 0 Å². The highest BCUT2D eigenvalue weighted by Crippen LogP contribution is 2.22. The zero-order valence-corrected chi connectivity index (χ0v) is 18.4. The molecule has 0 spiro atoms. The molecule has 0 N–H and O–H groups in total. The van der Waals surface area contributed by atoms with Crippen molar-refractivity contribution in [1.29, 1.82) is 0 Å². The fourth-order valence-electron chi connectivity index (χ4n) is 2.65. The molecule has 0 fully saturated rings. The van der Waals surface area contributed by atoms with E-state index in [0.717, 1.165) is 18.4 Å². The van der Waals surface area contributed by atoms with Gasteiger partial charge in [-0.2, -0.15) is 13.2 Å². The first-order chi connectivity index (χ1) is 15.8. The van der Waals surface area contributed by atoms with Gasteiger partial charge in [-0.3, -0.25) is 0 Å². The molecule has 0 unspecified atom stereocenters. The summed E-state index contributed by atoms with van der Waals surface area (Å²) in [5, 5.41) is 0. The molecule has 0 aromatic heterocycles. The third-order valence-corrected chi connectivity index (χ3v) is 4.46. The summed E-state index contributed by atoms with van der Waals surface area (Å²) >= 11 is 0. The number of carbonyl (C=O) groups excluding carboxylic acids is 2. The normalized spacial score (nSPS) is 11.4. The van der Waals surface area contributed by atoms with Gasteiger partial charge in [-0.1, -0.05) is 25.5 Å². The molecule has 0 saturated heterocycles. The maximum Gasteiger partial charge on any atom is 0.389 e. The van der Waals surface area contributed by atoms with Crippen LogP contribution in [0.4, 0.5) is 13.2 Å². The maximum absolute atomic E-state index is 12.3. The molecular formula is C25H27F3O5. The van der Waals surface area contributed by atoms with Gasteiger partial charge >= 0.3 is 18.1 Å². The lowest BCUT2D eigenvalue weighted by Crippen LogP contribution is -2.09. The summed E-state index contributed by atoms with van der Waals surface area (Å²) in [6.07, 6.45) is 0.0353. The number of rotatable bonds is 12. The van der Waals surface area contributed by atoms with E-state index in [4.69, 9.17) is 14.2 Å². The van der Waals surface area contributed by atoms with Crippen LogP contribution in [0.5, 0.6) is 11.5 Å². The Kier molecular flexibility index (Phi) is 10.5. The lowest BCUT2D eigenvalue weighted by molar-refractivity contribution is -0.138. The van der Waals surface area contributed by atoms with Crippen molar-refractivity contribution in [3.05, 3.63) is 65.7 Å². The molecule has 5 nitrogen and oxygen atoms in total. The van der Waals surface area contributed by atoms with Crippen LogP contribution in [0.2, 0.25) is 0 Å². The van der Waals surface area contributed by atoms with Crippen molar-refractivity contribution in [2.45, 2.75) is 45.2 Å². The van der Waals surface area contributed by atoms with E-state index in [2.05, 4.69) is 0 Å². The van der Waals surface area contributed by atoms with Crippen LogP contribution in [0.25, 0.3) is 6.08 Å². The van der Waals surface area contributed by atoms with Crippen molar-refractivity contribution in [2.24, 2.45) is 0 Å². The van der Waals surface area contributed by atoms with Crippen molar-refractivity contribution >= 4 is 18.0 Å². The van der Waals surface area contributed by atoms with Crippen molar-refractivity contribution in [3.63, 3.8) is 0 Å². The first kappa shape index (κ1) is 26.0. The van der Waals surface area contributed by atoms with Gasteiger partial charge in [0, 0.05) is 12.5 Å². The van der Waals surface area contributed by atoms with Gasteiger partial charge in [0.05, 0.1) is 18.8 Å². The van der Waals surface area contributed by atoms with Crippen molar-refractivity contribution in [3.8, 4) is 11.5 Å². The Labute approximate surface area is 191 Å². The molecule has 0 radical (unpaired) electrons. The zero-order chi connectivity index (χ0) is 24.1. The molecule has 0 bridgehead atoms. The fourth-order valence-corrected chi connectivity index (χ4v) is 2.65. The molecule has 0 amide bonds. The van der Waals surface area contributed by atoms with Crippen LogP contribution in [0.3, 0.4) is 0 Å². The lowest BCUT2D eigenvalue weighted by atomic mass is 10.2. The Hall–Kier alpha value is -3.29. The van der Waals surface area contributed by atoms with Gasteiger partial charge in [0.1, 0.15) is 11.5 Å². The molecular weight excluding hydrogens is 437 g/mol. The van der Waals surface area contributed by atoms with Crippen molar-refractivity contribution in [2.75, 3.05) is 13.2 Å². The lowest BCUT2D eigenvalue weighted by Gasteiger charge is -2.09. The number of esters is 2. The summed E-state index contributed by atoms with van der Waals surface area (Å²) < 4.78 is 52.1. The molecule has 33 heavy (non-hydrogen) atoms. The summed E-state index contributed by atoms with van der Waals surface area (Å²) in [6.45, 7) is 2.57. The standard InChI is InChI=1S/C25H27F3O5/c1-2-3-17-32-23(29)15-8-19-6-11-22(12-7-19)33-24(30)20-9-13-21(14-10-20)31-18-5-4-16-25(26,27)28/h6-15H,2-5,16-18H2,1H3/b15-8+. The Morgan fingerprint density at radius 3 is 2.18 bits per heavy atom. The Morgan fingerprint density at radius 1 is 0.879 bits per heavy atom. The van der Waals surface area contributed by atoms with Crippen LogP contribution in [-0.2, 0) is 9.53 Å². The van der Waals surface area contributed by atoms with E-state index in [1.54, 1.807) is 42.5 Å². The SMILES string of the molecule is CCCCOC(=O)/C=C/c1ccc(OC(=O)c2ccc(OCCCCC(F)(F)F)cc2)cc1. The van der Waals surface area contributed by atoms with E-state index in [1.807, 2.05) is 6.92 Å². The van der Waals surface area contributed by atoms with Gasteiger partial charge < -0.3 is 14.2 Å². The van der Waals surface area contributed by atoms with E-state index in [-0.39, 0.29) is 19.4 Å².